The number of nitro benzene ring substituents is 2. The zero-order chi connectivity index (χ0) is 21.5. The number of nitrogens with zero attached hydrogens (tertiary/aromatic N) is 3. The molecule has 0 spiro atoms. The Morgan fingerprint density at radius 3 is 2.30 bits per heavy atom. The summed E-state index contributed by atoms with van der Waals surface area (Å²) in [7, 11) is 0. The van der Waals surface area contributed by atoms with E-state index < -0.39 is 15.5 Å². The van der Waals surface area contributed by atoms with E-state index in [-0.39, 0.29) is 11.3 Å². The topological polar surface area (TPSA) is 123 Å². The van der Waals surface area contributed by atoms with Crippen molar-refractivity contribution in [3.63, 3.8) is 0 Å². The van der Waals surface area contributed by atoms with Crippen LogP contribution in [0, 0.1) is 20.2 Å². The van der Waals surface area contributed by atoms with Gasteiger partial charge in [0.15, 0.2) is 5.11 Å². The summed E-state index contributed by atoms with van der Waals surface area (Å²) < 4.78 is 0. The van der Waals surface area contributed by atoms with Crippen LogP contribution in [0.3, 0.4) is 0 Å². The van der Waals surface area contributed by atoms with Gasteiger partial charge in [0.1, 0.15) is 0 Å². The second kappa shape index (κ2) is 9.34. The maximum absolute atomic E-state index is 11.3. The van der Waals surface area contributed by atoms with Crippen molar-refractivity contribution in [1.29, 1.82) is 0 Å². The molecule has 0 saturated heterocycles. The molecule has 9 nitrogen and oxygen atoms in total. The highest BCUT2D eigenvalue weighted by Crippen LogP contribution is 2.27. The van der Waals surface area contributed by atoms with Gasteiger partial charge in [-0.1, -0.05) is 30.3 Å². The quantitative estimate of drug-likeness (QED) is 0.247. The third-order valence-electron chi connectivity index (χ3n) is 3.95. The van der Waals surface area contributed by atoms with E-state index in [4.69, 9.17) is 12.2 Å². The van der Waals surface area contributed by atoms with Gasteiger partial charge in [-0.2, -0.15) is 0 Å². The molecular formula is C20H15N5O4S. The number of thiocarbonyl (C=S) groups is 1. The Hall–Kier alpha value is -4.18. The van der Waals surface area contributed by atoms with Crippen molar-refractivity contribution in [1.82, 2.24) is 0 Å². The molecule has 3 aromatic carbocycles. The summed E-state index contributed by atoms with van der Waals surface area (Å²) >= 11 is 5.32. The monoisotopic (exact) mass is 421 g/mol. The third kappa shape index (κ3) is 5.20. The Morgan fingerprint density at radius 2 is 1.60 bits per heavy atom. The zero-order valence-corrected chi connectivity index (χ0v) is 16.2. The van der Waals surface area contributed by atoms with E-state index in [0.717, 1.165) is 11.8 Å². The molecule has 2 N–H and O–H groups in total. The highest BCUT2D eigenvalue weighted by Gasteiger charge is 2.18. The predicted molar refractivity (Wildman–Crippen MR) is 120 cm³/mol. The molecule has 0 saturated carbocycles. The lowest BCUT2D eigenvalue weighted by atomic mass is 10.1. The molecule has 0 aliphatic carbocycles. The SMILES string of the molecule is O=[N+]([O-])c1ccc(C=Nc2ccccc2NC(=S)Nc2ccccc2)c([N+](=O)[O-])c1. The van der Waals surface area contributed by atoms with Gasteiger partial charge in [0.2, 0.25) is 0 Å². The Labute approximate surface area is 176 Å². The molecule has 10 heteroatoms. The molecule has 0 unspecified atom stereocenters. The first kappa shape index (κ1) is 20.6. The van der Waals surface area contributed by atoms with Crippen LogP contribution in [-0.4, -0.2) is 21.2 Å². The fraction of sp³-hybridized carbons (Fsp3) is 0. The van der Waals surface area contributed by atoms with Crippen LogP contribution in [0.5, 0.6) is 0 Å². The van der Waals surface area contributed by atoms with Crippen molar-refractivity contribution < 1.29 is 9.85 Å². The molecule has 0 radical (unpaired) electrons. The number of anilines is 2. The van der Waals surface area contributed by atoms with Gasteiger partial charge in [-0.25, -0.2) is 0 Å². The number of aliphatic imine (C=N–C) groups is 1. The van der Waals surface area contributed by atoms with Crippen molar-refractivity contribution in [2.24, 2.45) is 4.99 Å². The van der Waals surface area contributed by atoms with E-state index in [1.54, 1.807) is 24.3 Å². The average Bonchev–Trinajstić information content (AvgIpc) is 2.73. The van der Waals surface area contributed by atoms with Crippen LogP contribution in [0.4, 0.5) is 28.4 Å². The van der Waals surface area contributed by atoms with Gasteiger partial charge in [0, 0.05) is 18.0 Å². The second-order valence-corrected chi connectivity index (χ2v) is 6.39. The number of nitrogens with one attached hydrogen (secondary N) is 2. The van der Waals surface area contributed by atoms with Crippen molar-refractivity contribution in [2.45, 2.75) is 0 Å². The first-order valence-electron chi connectivity index (χ1n) is 8.63. The van der Waals surface area contributed by atoms with Crippen molar-refractivity contribution in [3.8, 4) is 0 Å². The van der Waals surface area contributed by atoms with E-state index >= 15 is 0 Å². The molecule has 0 bridgehead atoms. The van der Waals surface area contributed by atoms with E-state index in [1.165, 1.54) is 18.3 Å². The second-order valence-electron chi connectivity index (χ2n) is 5.98. The minimum absolute atomic E-state index is 0.144. The zero-order valence-electron chi connectivity index (χ0n) is 15.4. The Balaban J connectivity index is 1.83. The van der Waals surface area contributed by atoms with Gasteiger partial charge in [-0.3, -0.25) is 25.2 Å². The lowest BCUT2D eigenvalue weighted by Crippen LogP contribution is -2.19. The Kier molecular flexibility index (Phi) is 6.40. The molecule has 0 aliphatic rings. The molecule has 0 fully saturated rings. The van der Waals surface area contributed by atoms with E-state index in [9.17, 15) is 20.2 Å². The van der Waals surface area contributed by atoms with Gasteiger partial charge in [0.25, 0.3) is 11.4 Å². The lowest BCUT2D eigenvalue weighted by molar-refractivity contribution is -0.394. The largest absolute Gasteiger partial charge is 0.332 e. The Bertz CT molecular complexity index is 1140. The number of hydrogen-bond acceptors (Lipinski definition) is 6. The number of nitro groups is 2. The van der Waals surface area contributed by atoms with Crippen molar-refractivity contribution in [2.75, 3.05) is 10.6 Å². The van der Waals surface area contributed by atoms with Crippen LogP contribution in [-0.2, 0) is 0 Å². The highest BCUT2D eigenvalue weighted by atomic mass is 32.1. The lowest BCUT2D eigenvalue weighted by Gasteiger charge is -2.12. The van der Waals surface area contributed by atoms with Gasteiger partial charge < -0.3 is 10.6 Å². The normalized spacial score (nSPS) is 10.5. The average molecular weight is 421 g/mol. The molecular weight excluding hydrogens is 406 g/mol. The summed E-state index contributed by atoms with van der Waals surface area (Å²) in [6.07, 6.45) is 1.29. The standard InChI is InChI=1S/C20H15N5O4S/c26-24(27)16-11-10-14(19(12-16)25(28)29)13-21-17-8-4-5-9-18(17)23-20(30)22-15-6-2-1-3-7-15/h1-13H,(H2,22,23,30). The molecule has 3 aromatic rings. The van der Waals surface area contributed by atoms with E-state index in [0.29, 0.717) is 16.5 Å². The van der Waals surface area contributed by atoms with Crippen molar-refractivity contribution in [3.05, 3.63) is 98.6 Å². The number of benzene rings is 3. The van der Waals surface area contributed by atoms with Crippen LogP contribution in [0.1, 0.15) is 5.56 Å². The highest BCUT2D eigenvalue weighted by molar-refractivity contribution is 7.80. The number of rotatable bonds is 6. The van der Waals surface area contributed by atoms with Crippen LogP contribution in [0.2, 0.25) is 0 Å². The number of hydrogen-bond donors (Lipinski definition) is 2. The maximum Gasteiger partial charge on any atom is 0.285 e. The van der Waals surface area contributed by atoms with Gasteiger partial charge in [0.05, 0.1) is 32.9 Å². The fourth-order valence-electron chi connectivity index (χ4n) is 2.55. The molecule has 30 heavy (non-hydrogen) atoms. The van der Waals surface area contributed by atoms with Crippen LogP contribution >= 0.6 is 12.2 Å². The Morgan fingerprint density at radius 1 is 0.900 bits per heavy atom. The van der Waals surface area contributed by atoms with Gasteiger partial charge >= 0.3 is 0 Å². The van der Waals surface area contributed by atoms with Crippen LogP contribution in [0.15, 0.2) is 77.8 Å². The van der Waals surface area contributed by atoms with Gasteiger partial charge in [-0.05, 0) is 42.5 Å². The fourth-order valence-corrected chi connectivity index (χ4v) is 2.78. The summed E-state index contributed by atoms with van der Waals surface area (Å²) in [5, 5.41) is 28.6. The number of non-ortho nitro benzene ring substituents is 1. The first-order chi connectivity index (χ1) is 14.4. The summed E-state index contributed by atoms with van der Waals surface area (Å²) in [5.74, 6) is 0. The number of para-hydroxylation sites is 3. The maximum atomic E-state index is 11.3. The summed E-state index contributed by atoms with van der Waals surface area (Å²) in [5.41, 5.74) is 1.27. The summed E-state index contributed by atoms with van der Waals surface area (Å²) in [6, 6.07) is 19.8. The third-order valence-corrected chi connectivity index (χ3v) is 4.15. The minimum Gasteiger partial charge on any atom is -0.332 e. The smallest absolute Gasteiger partial charge is 0.285 e. The first-order valence-corrected chi connectivity index (χ1v) is 9.04. The summed E-state index contributed by atoms with van der Waals surface area (Å²) in [6.45, 7) is 0. The molecule has 0 aromatic heterocycles. The van der Waals surface area contributed by atoms with Crippen LogP contribution in [0.25, 0.3) is 0 Å². The van der Waals surface area contributed by atoms with Crippen LogP contribution < -0.4 is 10.6 Å². The van der Waals surface area contributed by atoms with E-state index in [1.807, 2.05) is 30.3 Å². The molecule has 0 atom stereocenters. The van der Waals surface area contributed by atoms with E-state index in [2.05, 4.69) is 15.6 Å². The molecule has 3 rings (SSSR count). The molecule has 0 aliphatic heterocycles. The molecule has 0 heterocycles. The predicted octanol–water partition coefficient (Wildman–Crippen LogP) is 5.06. The molecule has 0 amide bonds. The van der Waals surface area contributed by atoms with Gasteiger partial charge in [-0.15, -0.1) is 0 Å². The van der Waals surface area contributed by atoms with Crippen molar-refractivity contribution >= 4 is 52.0 Å². The molecule has 150 valence electrons. The minimum atomic E-state index is -0.687. The summed E-state index contributed by atoms with van der Waals surface area (Å²) in [4.78, 5) is 25.1.